The van der Waals surface area contributed by atoms with Crippen LogP contribution in [0.1, 0.15) is 15.2 Å². The van der Waals surface area contributed by atoms with E-state index in [1.807, 2.05) is 18.2 Å². The third kappa shape index (κ3) is 1.72. The predicted molar refractivity (Wildman–Crippen MR) is 58.0 cm³/mol. The average Bonchev–Trinajstić information content (AvgIpc) is 2.65. The molecule has 2 aromatic rings. The Morgan fingerprint density at radius 1 is 1.29 bits per heavy atom. The minimum absolute atomic E-state index is 0.0400. The summed E-state index contributed by atoms with van der Waals surface area (Å²) in [7, 11) is 0. The second-order valence-electron chi connectivity index (χ2n) is 2.74. The largest absolute Gasteiger partial charge is 0.288 e. The first kappa shape index (κ1) is 9.44. The van der Waals surface area contributed by atoms with E-state index in [0.717, 1.165) is 0 Å². The molecule has 0 aliphatic rings. The van der Waals surface area contributed by atoms with Gasteiger partial charge in [-0.2, -0.15) is 0 Å². The summed E-state index contributed by atoms with van der Waals surface area (Å²) in [4.78, 5) is 12.4. The molecule has 1 aromatic carbocycles. The lowest BCUT2D eigenvalue weighted by atomic mass is 10.1. The quantitative estimate of drug-likeness (QED) is 0.710. The fourth-order valence-electron chi connectivity index (χ4n) is 1.13. The number of ketones is 1. The van der Waals surface area contributed by atoms with Crippen LogP contribution in [0.25, 0.3) is 0 Å². The summed E-state index contributed by atoms with van der Waals surface area (Å²) in [6.07, 6.45) is 0. The topological polar surface area (TPSA) is 17.1 Å². The fourth-order valence-corrected chi connectivity index (χ4v) is 2.11. The van der Waals surface area contributed by atoms with Crippen molar-refractivity contribution < 1.29 is 4.79 Å². The van der Waals surface area contributed by atoms with E-state index in [2.05, 4.69) is 5.38 Å². The molecule has 14 heavy (non-hydrogen) atoms. The van der Waals surface area contributed by atoms with Crippen molar-refractivity contribution >= 4 is 28.7 Å². The van der Waals surface area contributed by atoms with Crippen molar-refractivity contribution in [2.45, 2.75) is 0 Å². The van der Waals surface area contributed by atoms with Gasteiger partial charge in [0.1, 0.15) is 0 Å². The molecule has 0 bridgehead atoms. The molecule has 0 saturated carbocycles. The summed E-state index contributed by atoms with van der Waals surface area (Å²) < 4.78 is 0. The van der Waals surface area contributed by atoms with E-state index in [1.54, 1.807) is 18.2 Å². The first-order valence-corrected chi connectivity index (χ1v) is 5.23. The van der Waals surface area contributed by atoms with Gasteiger partial charge < -0.3 is 0 Å². The Balaban J connectivity index is 2.39. The molecule has 0 amide bonds. The maximum Gasteiger partial charge on any atom is 0.204 e. The van der Waals surface area contributed by atoms with Gasteiger partial charge in [-0.3, -0.25) is 4.79 Å². The van der Waals surface area contributed by atoms with Crippen molar-refractivity contribution in [2.24, 2.45) is 0 Å². The van der Waals surface area contributed by atoms with E-state index in [4.69, 9.17) is 11.6 Å². The monoisotopic (exact) mass is 221 g/mol. The minimum Gasteiger partial charge on any atom is -0.288 e. The van der Waals surface area contributed by atoms with Gasteiger partial charge in [-0.1, -0.05) is 41.9 Å². The Morgan fingerprint density at radius 3 is 2.57 bits per heavy atom. The van der Waals surface area contributed by atoms with Crippen LogP contribution < -0.4 is 0 Å². The van der Waals surface area contributed by atoms with Crippen LogP contribution in [0.3, 0.4) is 0 Å². The SMILES string of the molecule is O=C(c1ccccc1)c1s[c]cc1Cl. The first-order valence-electron chi connectivity index (χ1n) is 4.04. The number of rotatable bonds is 2. The zero-order chi connectivity index (χ0) is 9.97. The van der Waals surface area contributed by atoms with E-state index in [1.165, 1.54) is 11.3 Å². The molecule has 0 aliphatic heterocycles. The molecule has 0 unspecified atom stereocenters. The Kier molecular flexibility index (Phi) is 2.66. The van der Waals surface area contributed by atoms with Crippen molar-refractivity contribution in [3.63, 3.8) is 0 Å². The van der Waals surface area contributed by atoms with Crippen LogP contribution in [0.4, 0.5) is 0 Å². The third-order valence-corrected chi connectivity index (χ3v) is 3.06. The third-order valence-electron chi connectivity index (χ3n) is 1.81. The molecular formula is C11H6ClOS. The molecule has 2 rings (SSSR count). The molecule has 3 heteroatoms. The van der Waals surface area contributed by atoms with Gasteiger partial charge >= 0.3 is 0 Å². The molecule has 0 aliphatic carbocycles. The standard InChI is InChI=1S/C11H6ClOS/c12-9-6-7-14-11(9)10(13)8-4-2-1-3-5-8/h1-6H. The predicted octanol–water partition coefficient (Wildman–Crippen LogP) is 3.43. The highest BCUT2D eigenvalue weighted by Crippen LogP contribution is 2.24. The van der Waals surface area contributed by atoms with Crippen LogP contribution in [0, 0.1) is 5.38 Å². The average molecular weight is 222 g/mol. The number of hydrogen-bond donors (Lipinski definition) is 0. The zero-order valence-corrected chi connectivity index (χ0v) is 8.73. The van der Waals surface area contributed by atoms with Gasteiger partial charge in [-0.25, -0.2) is 0 Å². The van der Waals surface area contributed by atoms with E-state index >= 15 is 0 Å². The highest BCUT2D eigenvalue weighted by atomic mass is 35.5. The van der Waals surface area contributed by atoms with Gasteiger partial charge in [0.15, 0.2) is 0 Å². The second kappa shape index (κ2) is 3.95. The molecule has 0 N–H and O–H groups in total. The lowest BCUT2D eigenvalue weighted by Gasteiger charge is -1.97. The molecule has 1 nitrogen and oxygen atoms in total. The van der Waals surface area contributed by atoms with Crippen molar-refractivity contribution in [1.29, 1.82) is 0 Å². The molecular weight excluding hydrogens is 216 g/mol. The van der Waals surface area contributed by atoms with Crippen molar-refractivity contribution in [2.75, 3.05) is 0 Å². The number of carbonyl (C=O) groups is 1. The lowest BCUT2D eigenvalue weighted by Crippen LogP contribution is -1.98. The van der Waals surface area contributed by atoms with Gasteiger partial charge in [-0.05, 0) is 6.07 Å². The first-order chi connectivity index (χ1) is 6.79. The maximum atomic E-state index is 11.8. The lowest BCUT2D eigenvalue weighted by molar-refractivity contribution is 0.104. The number of hydrogen-bond acceptors (Lipinski definition) is 2. The number of benzene rings is 1. The number of carbonyl (C=O) groups excluding carboxylic acids is 1. The molecule has 69 valence electrons. The molecule has 1 aromatic heterocycles. The second-order valence-corrected chi connectivity index (χ2v) is 3.99. The molecule has 0 spiro atoms. The van der Waals surface area contributed by atoms with Gasteiger partial charge in [0.05, 0.1) is 9.90 Å². The highest BCUT2D eigenvalue weighted by molar-refractivity contribution is 7.12. The van der Waals surface area contributed by atoms with Gasteiger partial charge in [0.25, 0.3) is 0 Å². The highest BCUT2D eigenvalue weighted by Gasteiger charge is 2.13. The molecule has 0 fully saturated rings. The van der Waals surface area contributed by atoms with Crippen LogP contribution >= 0.6 is 22.9 Å². The van der Waals surface area contributed by atoms with Crippen molar-refractivity contribution in [3.8, 4) is 0 Å². The van der Waals surface area contributed by atoms with E-state index in [9.17, 15) is 4.79 Å². The number of thiophene rings is 1. The summed E-state index contributed by atoms with van der Waals surface area (Å²) >= 11 is 7.09. The number of halogens is 1. The maximum absolute atomic E-state index is 11.8. The Labute approximate surface area is 91.0 Å². The Hall–Kier alpha value is -1.12. The van der Waals surface area contributed by atoms with Gasteiger partial charge in [-0.15, -0.1) is 11.3 Å². The summed E-state index contributed by atoms with van der Waals surface area (Å²) in [5.41, 5.74) is 0.658. The summed E-state index contributed by atoms with van der Waals surface area (Å²) in [5.74, 6) is -0.0400. The van der Waals surface area contributed by atoms with Crippen LogP contribution in [0.15, 0.2) is 36.4 Å². The van der Waals surface area contributed by atoms with Crippen LogP contribution in [-0.2, 0) is 0 Å². The van der Waals surface area contributed by atoms with Crippen molar-refractivity contribution in [1.82, 2.24) is 0 Å². The summed E-state index contributed by atoms with van der Waals surface area (Å²) in [5, 5.41) is 3.31. The molecule has 0 saturated heterocycles. The van der Waals surface area contributed by atoms with E-state index in [0.29, 0.717) is 15.5 Å². The van der Waals surface area contributed by atoms with Crippen LogP contribution in [-0.4, -0.2) is 5.78 Å². The molecule has 1 radical (unpaired) electrons. The van der Waals surface area contributed by atoms with E-state index < -0.39 is 0 Å². The summed E-state index contributed by atoms with van der Waals surface area (Å²) in [6.45, 7) is 0. The van der Waals surface area contributed by atoms with E-state index in [-0.39, 0.29) is 5.78 Å². The normalized spacial score (nSPS) is 10.1. The Morgan fingerprint density at radius 2 is 2.00 bits per heavy atom. The van der Waals surface area contributed by atoms with Gasteiger partial charge in [0.2, 0.25) is 5.78 Å². The molecule has 0 atom stereocenters. The van der Waals surface area contributed by atoms with Crippen LogP contribution in [0.5, 0.6) is 0 Å². The minimum atomic E-state index is -0.0400. The zero-order valence-electron chi connectivity index (χ0n) is 7.16. The molecule has 1 heterocycles. The smallest absolute Gasteiger partial charge is 0.204 e. The fraction of sp³-hybridized carbons (Fsp3) is 0. The summed E-state index contributed by atoms with van der Waals surface area (Å²) in [6, 6.07) is 10.7. The Bertz CT molecular complexity index is 447. The van der Waals surface area contributed by atoms with Crippen LogP contribution in [0.2, 0.25) is 5.02 Å². The van der Waals surface area contributed by atoms with Gasteiger partial charge in [0, 0.05) is 10.9 Å². The van der Waals surface area contributed by atoms with Crippen molar-refractivity contribution in [3.05, 3.63) is 57.2 Å².